The Hall–Kier alpha value is -5.82. The molecule has 0 aliphatic carbocycles. The zero-order valence-corrected chi connectivity index (χ0v) is 27.0. The maximum atomic E-state index is 14.8. The van der Waals surface area contributed by atoms with Crippen molar-refractivity contribution in [2.45, 2.75) is 0 Å². The molecule has 0 saturated carbocycles. The highest BCUT2D eigenvalue weighted by Gasteiger charge is 2.29. The van der Waals surface area contributed by atoms with Crippen LogP contribution in [0.3, 0.4) is 0 Å². The average Bonchev–Trinajstić information content (AvgIpc) is 3.18. The van der Waals surface area contributed by atoms with Crippen molar-refractivity contribution in [3.05, 3.63) is 182 Å². The van der Waals surface area contributed by atoms with Crippen molar-refractivity contribution in [1.82, 2.24) is 4.98 Å². The molecule has 0 aliphatic heterocycles. The Balaban J connectivity index is 1.15. The second kappa shape index (κ2) is 11.5. The molecule has 226 valence electrons. The fourth-order valence-corrected chi connectivity index (χ4v) is 9.87. The Bertz CT molecular complexity index is 2620. The lowest BCUT2D eigenvalue weighted by Gasteiger charge is -2.20. The van der Waals surface area contributed by atoms with Gasteiger partial charge < -0.3 is 4.57 Å². The Labute approximate surface area is 279 Å². The second-order valence-electron chi connectivity index (χ2n) is 12.2. The van der Waals surface area contributed by atoms with Crippen molar-refractivity contribution in [2.75, 3.05) is 0 Å². The van der Waals surface area contributed by atoms with Crippen LogP contribution in [-0.2, 0) is 4.57 Å². The summed E-state index contributed by atoms with van der Waals surface area (Å²) in [6.45, 7) is 0. The Kier molecular flexibility index (Phi) is 6.78. The molecule has 2 nitrogen and oxygen atoms in total. The molecule has 9 aromatic rings. The van der Waals surface area contributed by atoms with E-state index in [9.17, 15) is 4.57 Å². The SMILES string of the molecule is O=P(c1ccccc1)(c1ccccc1)c1ccc(-c2ccc(-c3nc4c5ccccc5c5ccccc5c4c4ccccc34)cc2)cc1. The number of fused-ring (bicyclic) bond motifs is 8. The molecule has 0 atom stereocenters. The van der Waals surface area contributed by atoms with Gasteiger partial charge in [0.15, 0.2) is 7.14 Å². The smallest absolute Gasteiger partial charge is 0.171 e. The second-order valence-corrected chi connectivity index (χ2v) is 15.0. The van der Waals surface area contributed by atoms with E-state index in [4.69, 9.17) is 4.98 Å². The summed E-state index contributed by atoms with van der Waals surface area (Å²) in [4.78, 5) is 5.42. The molecule has 48 heavy (non-hydrogen) atoms. The molecule has 0 bridgehead atoms. The van der Waals surface area contributed by atoms with E-state index >= 15 is 0 Å². The third-order valence-corrected chi connectivity index (χ3v) is 12.6. The number of aromatic nitrogens is 1. The van der Waals surface area contributed by atoms with Crippen LogP contribution in [0.4, 0.5) is 0 Å². The van der Waals surface area contributed by atoms with E-state index < -0.39 is 7.14 Å². The molecule has 1 aromatic heterocycles. The fourth-order valence-electron chi connectivity index (χ4n) is 7.22. The van der Waals surface area contributed by atoms with Gasteiger partial charge >= 0.3 is 0 Å². The Morgan fingerprint density at radius 2 is 0.708 bits per heavy atom. The number of hydrogen-bond donors (Lipinski definition) is 0. The number of pyridine rings is 1. The minimum Gasteiger partial charge on any atom is -0.309 e. The van der Waals surface area contributed by atoms with Gasteiger partial charge in [-0.1, -0.05) is 182 Å². The lowest BCUT2D eigenvalue weighted by Crippen LogP contribution is -2.24. The molecular weight excluding hydrogens is 601 g/mol. The fraction of sp³-hybridized carbons (Fsp3) is 0. The van der Waals surface area contributed by atoms with Crippen LogP contribution in [0.25, 0.3) is 65.6 Å². The average molecular weight is 632 g/mol. The first kappa shape index (κ1) is 28.4. The lowest BCUT2D eigenvalue weighted by molar-refractivity contribution is 0.592. The van der Waals surface area contributed by atoms with Gasteiger partial charge in [0.2, 0.25) is 0 Å². The Morgan fingerprint density at radius 3 is 1.27 bits per heavy atom. The zero-order chi connectivity index (χ0) is 32.1. The van der Waals surface area contributed by atoms with Crippen LogP contribution in [0, 0.1) is 0 Å². The van der Waals surface area contributed by atoms with E-state index in [1.54, 1.807) is 0 Å². The van der Waals surface area contributed by atoms with Crippen LogP contribution < -0.4 is 15.9 Å². The molecule has 0 unspecified atom stereocenters. The van der Waals surface area contributed by atoms with Crippen LogP contribution in [0.2, 0.25) is 0 Å². The third kappa shape index (κ3) is 4.49. The topological polar surface area (TPSA) is 30.0 Å². The molecule has 9 rings (SSSR count). The van der Waals surface area contributed by atoms with E-state index in [1.807, 2.05) is 72.8 Å². The normalized spacial score (nSPS) is 11.8. The standard InChI is InChI=1S/C45H30NOP/c47-48(34-13-3-1-4-14-34,35-15-5-2-6-16-35)36-29-27-32(28-30-36)31-23-25-33(26-24-31)44-42-22-12-10-20-40(42)43-39-19-9-7-17-37(39)38-18-8-11-21-41(38)45(43)46-44/h1-30H. The maximum absolute atomic E-state index is 14.8. The molecule has 0 N–H and O–H groups in total. The third-order valence-electron chi connectivity index (χ3n) is 9.54. The van der Waals surface area contributed by atoms with E-state index in [0.717, 1.165) is 49.2 Å². The van der Waals surface area contributed by atoms with Gasteiger partial charge in [0, 0.05) is 37.6 Å². The van der Waals surface area contributed by atoms with Gasteiger partial charge in [0.25, 0.3) is 0 Å². The first-order valence-electron chi connectivity index (χ1n) is 16.2. The van der Waals surface area contributed by atoms with E-state index in [0.29, 0.717) is 0 Å². The molecule has 0 saturated heterocycles. The highest BCUT2D eigenvalue weighted by atomic mass is 31.2. The zero-order valence-electron chi connectivity index (χ0n) is 26.1. The first-order chi connectivity index (χ1) is 23.7. The van der Waals surface area contributed by atoms with Crippen molar-refractivity contribution in [2.24, 2.45) is 0 Å². The van der Waals surface area contributed by atoms with Gasteiger partial charge in [-0.3, -0.25) is 0 Å². The van der Waals surface area contributed by atoms with Crippen molar-refractivity contribution in [3.63, 3.8) is 0 Å². The van der Waals surface area contributed by atoms with Crippen LogP contribution in [0.1, 0.15) is 0 Å². The monoisotopic (exact) mass is 631 g/mol. The summed E-state index contributed by atoms with van der Waals surface area (Å²) in [5.41, 5.74) is 5.25. The highest BCUT2D eigenvalue weighted by molar-refractivity contribution is 7.85. The molecule has 0 spiro atoms. The van der Waals surface area contributed by atoms with Crippen molar-refractivity contribution < 1.29 is 4.57 Å². The van der Waals surface area contributed by atoms with Crippen LogP contribution >= 0.6 is 7.14 Å². The van der Waals surface area contributed by atoms with Crippen LogP contribution in [-0.4, -0.2) is 4.98 Å². The minimum absolute atomic E-state index is 0.826. The summed E-state index contributed by atoms with van der Waals surface area (Å²) in [5.74, 6) is 0. The van der Waals surface area contributed by atoms with Crippen LogP contribution in [0.15, 0.2) is 182 Å². The van der Waals surface area contributed by atoms with Crippen molar-refractivity contribution in [3.8, 4) is 22.4 Å². The number of hydrogen-bond acceptors (Lipinski definition) is 2. The van der Waals surface area contributed by atoms with Gasteiger partial charge in [0.05, 0.1) is 11.2 Å². The first-order valence-corrected chi connectivity index (χ1v) is 18.0. The van der Waals surface area contributed by atoms with Crippen molar-refractivity contribution >= 4 is 66.3 Å². The summed E-state index contributed by atoms with van der Waals surface area (Å²) in [6.07, 6.45) is 0. The Morgan fingerprint density at radius 1 is 0.333 bits per heavy atom. The number of benzene rings is 8. The molecule has 3 heteroatoms. The molecule has 0 radical (unpaired) electrons. The quantitative estimate of drug-likeness (QED) is 0.140. The highest BCUT2D eigenvalue weighted by Crippen LogP contribution is 2.43. The number of nitrogens with zero attached hydrogens (tertiary/aromatic N) is 1. The molecule has 0 amide bonds. The van der Waals surface area contributed by atoms with Gasteiger partial charge in [0.1, 0.15) is 0 Å². The maximum Gasteiger partial charge on any atom is 0.171 e. The minimum atomic E-state index is -3.02. The van der Waals surface area contributed by atoms with E-state index in [-0.39, 0.29) is 0 Å². The van der Waals surface area contributed by atoms with Crippen LogP contribution in [0.5, 0.6) is 0 Å². The molecule has 0 aliphatic rings. The van der Waals surface area contributed by atoms with Gasteiger partial charge in [-0.05, 0) is 32.7 Å². The number of rotatable bonds is 5. The predicted octanol–water partition coefficient (Wildman–Crippen LogP) is 10.7. The van der Waals surface area contributed by atoms with Crippen molar-refractivity contribution in [1.29, 1.82) is 0 Å². The van der Waals surface area contributed by atoms with Gasteiger partial charge in [-0.25, -0.2) is 4.98 Å². The van der Waals surface area contributed by atoms with E-state index in [1.165, 1.54) is 32.3 Å². The summed E-state index contributed by atoms with van der Waals surface area (Å²) in [7, 11) is -3.02. The largest absolute Gasteiger partial charge is 0.309 e. The molecular formula is C45H30NOP. The molecule has 8 aromatic carbocycles. The molecule has 0 fully saturated rings. The summed E-state index contributed by atoms with van der Waals surface area (Å²) in [5, 5.41) is 10.9. The summed E-state index contributed by atoms with van der Waals surface area (Å²) < 4.78 is 14.8. The summed E-state index contributed by atoms with van der Waals surface area (Å²) in [6, 6.07) is 62.4. The summed E-state index contributed by atoms with van der Waals surface area (Å²) >= 11 is 0. The lowest BCUT2D eigenvalue weighted by atomic mass is 9.92. The van der Waals surface area contributed by atoms with Gasteiger partial charge in [-0.2, -0.15) is 0 Å². The predicted molar refractivity (Wildman–Crippen MR) is 205 cm³/mol. The van der Waals surface area contributed by atoms with Gasteiger partial charge in [-0.15, -0.1) is 0 Å². The van der Waals surface area contributed by atoms with E-state index in [2.05, 4.69) is 109 Å². The molecule has 1 heterocycles.